The summed E-state index contributed by atoms with van der Waals surface area (Å²) in [6, 6.07) is 11.4. The fraction of sp³-hybridized carbons (Fsp3) is 0.423. The van der Waals surface area contributed by atoms with E-state index in [1.54, 1.807) is 18.5 Å². The predicted molar refractivity (Wildman–Crippen MR) is 125 cm³/mol. The molecule has 0 spiro atoms. The van der Waals surface area contributed by atoms with E-state index >= 15 is 0 Å². The van der Waals surface area contributed by atoms with Crippen LogP contribution in [0.2, 0.25) is 0 Å². The number of carbonyl (C=O) groups excluding carboxylic acids is 1. The van der Waals surface area contributed by atoms with Crippen LogP contribution in [-0.2, 0) is 24.8 Å². The molecule has 1 aromatic carbocycles. The monoisotopic (exact) mass is 449 g/mol. The number of fused-ring (bicyclic) bond motifs is 1. The quantitative estimate of drug-likeness (QED) is 0.247. The Balaban J connectivity index is 1.62. The third-order valence-corrected chi connectivity index (χ3v) is 5.83. The molecule has 0 aliphatic rings. The lowest BCUT2D eigenvalue weighted by atomic mass is 9.94. The Bertz CT molecular complexity index is 1130. The summed E-state index contributed by atoms with van der Waals surface area (Å²) >= 11 is 0. The summed E-state index contributed by atoms with van der Waals surface area (Å²) in [6.07, 6.45) is 4.90. The van der Waals surface area contributed by atoms with Gasteiger partial charge in [-0.25, -0.2) is 0 Å². The molecule has 2 heterocycles. The summed E-state index contributed by atoms with van der Waals surface area (Å²) in [4.78, 5) is 17.4. The lowest BCUT2D eigenvalue weighted by Gasteiger charge is -2.13. The highest BCUT2D eigenvalue weighted by atomic mass is 16.5. The standard InChI is InChI=1S/C26H31N3O4/c1-18(13-25(31)32)12-24(30)26-21-16-28-10-9-22(21)29(2)23(26)8-3-4-11-33-17-20-7-5-6-19(14-20)15-27/h5-7,9-10,14,16,18,25,31-32H,3-4,8,11-13,17H2,1-2H3/t18-/m1/s1. The van der Waals surface area contributed by atoms with E-state index in [1.807, 2.05) is 38.2 Å². The Hall–Kier alpha value is -3.05. The number of ether oxygens (including phenoxy) is 1. The molecular weight excluding hydrogens is 418 g/mol. The van der Waals surface area contributed by atoms with Crippen LogP contribution in [-0.4, -0.2) is 38.4 Å². The molecule has 174 valence electrons. The first-order valence-electron chi connectivity index (χ1n) is 11.3. The maximum Gasteiger partial charge on any atom is 0.165 e. The third-order valence-electron chi connectivity index (χ3n) is 5.83. The van der Waals surface area contributed by atoms with Crippen molar-refractivity contribution in [3.8, 4) is 6.07 Å². The second kappa shape index (κ2) is 11.7. The molecule has 7 heteroatoms. The van der Waals surface area contributed by atoms with Crippen molar-refractivity contribution in [1.82, 2.24) is 9.55 Å². The zero-order chi connectivity index (χ0) is 23.8. The molecule has 0 saturated carbocycles. The summed E-state index contributed by atoms with van der Waals surface area (Å²) in [5.41, 5.74) is 4.23. The summed E-state index contributed by atoms with van der Waals surface area (Å²) in [5.74, 6) is -0.129. The van der Waals surface area contributed by atoms with Gasteiger partial charge in [0.1, 0.15) is 0 Å². The normalized spacial score (nSPS) is 12.2. The molecular formula is C26H31N3O4. The van der Waals surface area contributed by atoms with Gasteiger partial charge in [-0.2, -0.15) is 5.26 Å². The van der Waals surface area contributed by atoms with Gasteiger partial charge < -0.3 is 19.5 Å². The van der Waals surface area contributed by atoms with Crippen molar-refractivity contribution in [2.45, 2.75) is 51.9 Å². The lowest BCUT2D eigenvalue weighted by Crippen LogP contribution is -2.15. The van der Waals surface area contributed by atoms with Crippen molar-refractivity contribution >= 4 is 16.7 Å². The molecule has 0 aliphatic carbocycles. The summed E-state index contributed by atoms with van der Waals surface area (Å²) in [6.45, 7) is 2.91. The van der Waals surface area contributed by atoms with Crippen molar-refractivity contribution in [2.75, 3.05) is 6.61 Å². The molecule has 3 aromatic rings. The third kappa shape index (κ3) is 6.48. The molecule has 0 radical (unpaired) electrons. The summed E-state index contributed by atoms with van der Waals surface area (Å²) in [7, 11) is 1.97. The number of nitrogens with zero attached hydrogens (tertiary/aromatic N) is 3. The van der Waals surface area contributed by atoms with Crippen LogP contribution < -0.4 is 0 Å². The van der Waals surface area contributed by atoms with Crippen molar-refractivity contribution in [2.24, 2.45) is 13.0 Å². The van der Waals surface area contributed by atoms with Crippen LogP contribution in [0.4, 0.5) is 0 Å². The Morgan fingerprint density at radius 2 is 2.09 bits per heavy atom. The van der Waals surface area contributed by atoms with E-state index in [1.165, 1.54) is 0 Å². The second-order valence-electron chi connectivity index (χ2n) is 8.54. The molecule has 0 fully saturated rings. The van der Waals surface area contributed by atoms with Crippen LogP contribution in [0.1, 0.15) is 59.8 Å². The molecule has 0 bridgehead atoms. The number of unbranched alkanes of at least 4 members (excludes halogenated alkanes) is 1. The first-order chi connectivity index (χ1) is 15.9. The smallest absolute Gasteiger partial charge is 0.165 e. The number of aliphatic hydroxyl groups is 2. The second-order valence-corrected chi connectivity index (χ2v) is 8.54. The van der Waals surface area contributed by atoms with E-state index < -0.39 is 6.29 Å². The van der Waals surface area contributed by atoms with Crippen LogP contribution in [0.5, 0.6) is 0 Å². The number of aliphatic hydroxyl groups excluding tert-OH is 1. The topological polar surface area (TPSA) is 108 Å². The van der Waals surface area contributed by atoms with E-state index in [9.17, 15) is 15.0 Å². The number of hydrogen-bond donors (Lipinski definition) is 2. The van der Waals surface area contributed by atoms with Gasteiger partial charge in [-0.15, -0.1) is 0 Å². The molecule has 0 aliphatic heterocycles. The lowest BCUT2D eigenvalue weighted by molar-refractivity contribution is -0.0543. The van der Waals surface area contributed by atoms with Crippen LogP contribution in [0, 0.1) is 17.2 Å². The summed E-state index contributed by atoms with van der Waals surface area (Å²) in [5, 5.41) is 28.3. The van der Waals surface area contributed by atoms with Gasteiger partial charge in [-0.05, 0) is 48.9 Å². The van der Waals surface area contributed by atoms with Gasteiger partial charge in [0.15, 0.2) is 12.1 Å². The Morgan fingerprint density at radius 1 is 1.27 bits per heavy atom. The molecule has 0 unspecified atom stereocenters. The fourth-order valence-corrected chi connectivity index (χ4v) is 4.22. The molecule has 7 nitrogen and oxygen atoms in total. The van der Waals surface area contributed by atoms with Crippen molar-refractivity contribution in [3.63, 3.8) is 0 Å². The SMILES string of the molecule is C[C@H](CC(=O)c1c(CCCCOCc2cccc(C#N)c2)n(C)c2ccncc12)CC(O)O. The van der Waals surface area contributed by atoms with Gasteiger partial charge in [-0.1, -0.05) is 19.1 Å². The van der Waals surface area contributed by atoms with Gasteiger partial charge in [0.2, 0.25) is 0 Å². The first-order valence-corrected chi connectivity index (χ1v) is 11.3. The Labute approximate surface area is 194 Å². The van der Waals surface area contributed by atoms with Gasteiger partial charge >= 0.3 is 0 Å². The average molecular weight is 450 g/mol. The highest BCUT2D eigenvalue weighted by Crippen LogP contribution is 2.28. The van der Waals surface area contributed by atoms with E-state index in [0.29, 0.717) is 24.3 Å². The van der Waals surface area contributed by atoms with Gasteiger partial charge in [-0.3, -0.25) is 9.78 Å². The summed E-state index contributed by atoms with van der Waals surface area (Å²) < 4.78 is 7.83. The van der Waals surface area contributed by atoms with E-state index in [2.05, 4.69) is 15.6 Å². The fourth-order valence-electron chi connectivity index (χ4n) is 4.22. The number of hydrogen-bond acceptors (Lipinski definition) is 6. The van der Waals surface area contributed by atoms with Crippen molar-refractivity contribution < 1.29 is 19.7 Å². The Morgan fingerprint density at radius 3 is 2.85 bits per heavy atom. The number of rotatable bonds is 12. The minimum atomic E-state index is -1.41. The number of aromatic nitrogens is 2. The molecule has 3 rings (SSSR count). The van der Waals surface area contributed by atoms with Crippen LogP contribution in [0.3, 0.4) is 0 Å². The maximum atomic E-state index is 13.2. The van der Waals surface area contributed by atoms with Gasteiger partial charge in [0.25, 0.3) is 0 Å². The zero-order valence-electron chi connectivity index (χ0n) is 19.2. The van der Waals surface area contributed by atoms with E-state index in [4.69, 9.17) is 10.00 Å². The van der Waals surface area contributed by atoms with Crippen LogP contribution in [0.15, 0.2) is 42.7 Å². The number of benzene rings is 1. The number of aryl methyl sites for hydroxylation is 1. The van der Waals surface area contributed by atoms with Crippen molar-refractivity contribution in [3.05, 3.63) is 65.1 Å². The average Bonchev–Trinajstić information content (AvgIpc) is 3.07. The molecule has 0 saturated heterocycles. The molecule has 0 amide bonds. The highest BCUT2D eigenvalue weighted by molar-refractivity contribution is 6.09. The number of carbonyl (C=O) groups is 1. The molecule has 2 N–H and O–H groups in total. The first kappa shape index (κ1) is 24.6. The number of nitriles is 1. The maximum absolute atomic E-state index is 13.2. The number of ketones is 1. The largest absolute Gasteiger partial charge is 0.377 e. The predicted octanol–water partition coefficient (Wildman–Crippen LogP) is 3.89. The van der Waals surface area contributed by atoms with Crippen LogP contribution in [0.25, 0.3) is 10.9 Å². The molecule has 2 aromatic heterocycles. The van der Waals surface area contributed by atoms with Crippen LogP contribution >= 0.6 is 0 Å². The number of Topliss-reactive ketones (excluding diaryl/α,β-unsaturated/α-hetero) is 1. The van der Waals surface area contributed by atoms with Crippen molar-refractivity contribution in [1.29, 1.82) is 5.26 Å². The molecule has 33 heavy (non-hydrogen) atoms. The molecule has 1 atom stereocenters. The van der Waals surface area contributed by atoms with Gasteiger partial charge in [0.05, 0.1) is 23.8 Å². The highest BCUT2D eigenvalue weighted by Gasteiger charge is 2.23. The Kier molecular flexibility index (Phi) is 8.72. The van der Waals surface area contributed by atoms with E-state index in [0.717, 1.165) is 41.4 Å². The zero-order valence-corrected chi connectivity index (χ0v) is 19.2. The van der Waals surface area contributed by atoms with E-state index in [-0.39, 0.29) is 24.5 Å². The number of pyridine rings is 1. The minimum Gasteiger partial charge on any atom is -0.377 e. The minimum absolute atomic E-state index is 0.00498. The van der Waals surface area contributed by atoms with Gasteiger partial charge in [0, 0.05) is 55.5 Å².